The number of anilines is 2. The summed E-state index contributed by atoms with van der Waals surface area (Å²) in [5.41, 5.74) is -0.863. The summed E-state index contributed by atoms with van der Waals surface area (Å²) in [4.78, 5) is 31.4. The molecule has 1 spiro atoms. The average Bonchev–Trinajstić information content (AvgIpc) is 3.48. The van der Waals surface area contributed by atoms with Crippen molar-refractivity contribution in [2.75, 3.05) is 31.4 Å². The molecule has 0 radical (unpaired) electrons. The molecule has 2 aromatic heterocycles. The third kappa shape index (κ3) is 3.49. The maximum atomic E-state index is 15.3. The van der Waals surface area contributed by atoms with Crippen LogP contribution in [0.3, 0.4) is 0 Å². The predicted octanol–water partition coefficient (Wildman–Crippen LogP) is 3.55. The molecule has 1 fully saturated rings. The third-order valence-electron chi connectivity index (χ3n) is 5.55. The van der Waals surface area contributed by atoms with Gasteiger partial charge in [-0.15, -0.1) is 5.10 Å². The number of carbonyl (C=O) groups excluding carboxylic acids is 2. The molecule has 0 unspecified atom stereocenters. The van der Waals surface area contributed by atoms with Crippen molar-refractivity contribution in [1.82, 2.24) is 15.2 Å². The Hall–Kier alpha value is -3.51. The van der Waals surface area contributed by atoms with E-state index in [0.717, 1.165) is 0 Å². The van der Waals surface area contributed by atoms with Gasteiger partial charge in [0.1, 0.15) is 11.5 Å². The number of halogens is 2. The van der Waals surface area contributed by atoms with Crippen LogP contribution in [0.1, 0.15) is 27.3 Å². The SMILES string of the molecule is [2H]C([2H])([2H])Oc1nnc(NC(=O)c2cc3c(cc2-c2c(OC)cnc(Cl)c2F)OC2(CC2)C(=O)N3C)s1. The summed E-state index contributed by atoms with van der Waals surface area (Å²) >= 11 is 6.63. The Kier molecular flexibility index (Phi) is 4.47. The number of benzene rings is 1. The van der Waals surface area contributed by atoms with Gasteiger partial charge < -0.3 is 19.1 Å². The lowest BCUT2D eigenvalue weighted by atomic mass is 9.96. The van der Waals surface area contributed by atoms with E-state index < -0.39 is 29.5 Å². The van der Waals surface area contributed by atoms with Gasteiger partial charge >= 0.3 is 0 Å². The number of nitrogens with one attached hydrogen (secondary N) is 1. The van der Waals surface area contributed by atoms with E-state index in [9.17, 15) is 9.59 Å². The van der Waals surface area contributed by atoms with Crippen LogP contribution < -0.4 is 24.4 Å². The van der Waals surface area contributed by atoms with Gasteiger partial charge in [-0.3, -0.25) is 14.9 Å². The predicted molar refractivity (Wildman–Crippen MR) is 122 cm³/mol. The fourth-order valence-electron chi connectivity index (χ4n) is 3.73. The van der Waals surface area contributed by atoms with Crippen molar-refractivity contribution in [3.63, 3.8) is 0 Å². The Labute approximate surface area is 205 Å². The second kappa shape index (κ2) is 8.06. The molecule has 2 aliphatic rings. The van der Waals surface area contributed by atoms with Gasteiger partial charge in [-0.25, -0.2) is 9.37 Å². The van der Waals surface area contributed by atoms with E-state index in [2.05, 4.69) is 20.5 Å². The second-order valence-electron chi connectivity index (χ2n) is 7.56. The number of ether oxygens (including phenoxy) is 3. The first-order valence-electron chi connectivity index (χ1n) is 11.3. The van der Waals surface area contributed by atoms with Crippen molar-refractivity contribution in [1.29, 1.82) is 0 Å². The van der Waals surface area contributed by atoms with Crippen molar-refractivity contribution < 1.29 is 32.3 Å². The molecule has 0 bridgehead atoms. The highest BCUT2D eigenvalue weighted by Gasteiger charge is 2.57. The molecule has 5 rings (SSSR count). The van der Waals surface area contributed by atoms with Crippen molar-refractivity contribution in [3.8, 4) is 27.8 Å². The summed E-state index contributed by atoms with van der Waals surface area (Å²) in [5.74, 6) is -1.69. The Balaban J connectivity index is 1.62. The highest BCUT2D eigenvalue weighted by molar-refractivity contribution is 7.17. The first-order chi connectivity index (χ1) is 17.4. The van der Waals surface area contributed by atoms with E-state index in [-0.39, 0.29) is 44.4 Å². The molecule has 0 atom stereocenters. The first kappa shape index (κ1) is 18.9. The number of hydrogen-bond acceptors (Lipinski definition) is 9. The molecule has 1 aliphatic heterocycles. The van der Waals surface area contributed by atoms with Crippen LogP contribution >= 0.6 is 22.9 Å². The Morgan fingerprint density at radius 1 is 1.38 bits per heavy atom. The molecule has 1 aromatic carbocycles. The molecule has 1 aliphatic carbocycles. The standard InChI is InChI=1S/C21H17ClFN5O5S/c1-28-11-6-10(17(29)25-19-26-27-20(32-3)34-19)9(7-12(11)33-21(4-5-21)18(28)30)14-13(31-2)8-24-16(22)15(14)23/h6-8H,4-5H2,1-3H3,(H,25,26,29)/i3D3. The zero-order valence-corrected chi connectivity index (χ0v) is 19.2. The Morgan fingerprint density at radius 3 is 2.88 bits per heavy atom. The summed E-state index contributed by atoms with van der Waals surface area (Å²) in [6.45, 7) is 0. The number of hydrogen-bond donors (Lipinski definition) is 1. The van der Waals surface area contributed by atoms with Crippen molar-refractivity contribution in [2.45, 2.75) is 18.4 Å². The van der Waals surface area contributed by atoms with Gasteiger partial charge in [-0.05, 0) is 23.5 Å². The fourth-order valence-corrected chi connectivity index (χ4v) is 4.38. The van der Waals surface area contributed by atoms with Crippen LogP contribution in [0.4, 0.5) is 15.2 Å². The topological polar surface area (TPSA) is 116 Å². The van der Waals surface area contributed by atoms with Crippen molar-refractivity contribution in [3.05, 3.63) is 34.9 Å². The number of pyridine rings is 1. The van der Waals surface area contributed by atoms with E-state index in [0.29, 0.717) is 29.9 Å². The second-order valence-corrected chi connectivity index (χ2v) is 8.86. The van der Waals surface area contributed by atoms with Gasteiger partial charge in [-0.2, -0.15) is 0 Å². The average molecular weight is 509 g/mol. The van der Waals surface area contributed by atoms with Crippen LogP contribution in [0.5, 0.6) is 16.7 Å². The molecule has 3 aromatic rings. The van der Waals surface area contributed by atoms with Gasteiger partial charge in [0.15, 0.2) is 16.6 Å². The number of nitrogens with zero attached hydrogens (tertiary/aromatic N) is 4. The van der Waals surface area contributed by atoms with Crippen LogP contribution in [-0.4, -0.2) is 53.8 Å². The van der Waals surface area contributed by atoms with E-state index in [1.54, 1.807) is 7.05 Å². The number of carbonyl (C=O) groups is 2. The largest absolute Gasteiger partial charge is 0.494 e. The van der Waals surface area contributed by atoms with Crippen molar-refractivity contribution in [2.24, 2.45) is 0 Å². The zero-order chi connectivity index (χ0) is 26.7. The monoisotopic (exact) mass is 508 g/mol. The molecular weight excluding hydrogens is 489 g/mol. The molecule has 176 valence electrons. The lowest BCUT2D eigenvalue weighted by Crippen LogP contribution is -2.45. The Morgan fingerprint density at radius 2 is 2.18 bits per heavy atom. The molecule has 0 saturated heterocycles. The van der Waals surface area contributed by atoms with Crippen LogP contribution in [0.2, 0.25) is 5.15 Å². The summed E-state index contributed by atoms with van der Waals surface area (Å²) in [6.07, 6.45) is 2.28. The van der Waals surface area contributed by atoms with E-state index >= 15 is 4.39 Å². The maximum absolute atomic E-state index is 15.3. The summed E-state index contributed by atoms with van der Waals surface area (Å²) in [7, 11) is 0.109. The molecule has 2 amide bonds. The van der Waals surface area contributed by atoms with Crippen LogP contribution in [0.15, 0.2) is 18.3 Å². The molecule has 13 heteroatoms. The minimum atomic E-state index is -2.75. The maximum Gasteiger partial charge on any atom is 0.295 e. The first-order valence-corrected chi connectivity index (χ1v) is 11.0. The highest BCUT2D eigenvalue weighted by atomic mass is 35.5. The lowest BCUT2D eigenvalue weighted by molar-refractivity contribution is -0.127. The molecule has 3 heterocycles. The van der Waals surface area contributed by atoms with Gasteiger partial charge in [0.05, 0.1) is 41.3 Å². The van der Waals surface area contributed by atoms with Gasteiger partial charge in [-0.1, -0.05) is 16.7 Å². The third-order valence-corrected chi connectivity index (χ3v) is 6.53. The Bertz CT molecular complexity index is 1450. The van der Waals surface area contributed by atoms with E-state index in [1.807, 2.05) is 0 Å². The number of amides is 2. The highest BCUT2D eigenvalue weighted by Crippen LogP contribution is 2.51. The minimum Gasteiger partial charge on any atom is -0.494 e. The number of aromatic nitrogens is 3. The quantitative estimate of drug-likeness (QED) is 0.520. The van der Waals surface area contributed by atoms with Gasteiger partial charge in [0.2, 0.25) is 5.13 Å². The molecular formula is C21H17ClFN5O5S. The number of methoxy groups -OCH3 is 2. The fraction of sp³-hybridized carbons (Fsp3) is 0.286. The van der Waals surface area contributed by atoms with Crippen LogP contribution in [0.25, 0.3) is 11.1 Å². The van der Waals surface area contributed by atoms with Crippen molar-refractivity contribution >= 4 is 45.6 Å². The smallest absolute Gasteiger partial charge is 0.295 e. The zero-order valence-electron chi connectivity index (χ0n) is 20.6. The number of likely N-dealkylation sites (N-methyl/N-ethyl adjacent to an activating group) is 1. The molecule has 34 heavy (non-hydrogen) atoms. The van der Waals surface area contributed by atoms with Gasteiger partial charge in [0.25, 0.3) is 17.0 Å². The van der Waals surface area contributed by atoms with E-state index in [4.69, 9.17) is 29.9 Å². The molecule has 1 saturated carbocycles. The normalized spacial score (nSPS) is 17.2. The van der Waals surface area contributed by atoms with Crippen LogP contribution in [-0.2, 0) is 4.79 Å². The summed E-state index contributed by atoms with van der Waals surface area (Å²) < 4.78 is 52.8. The lowest BCUT2D eigenvalue weighted by Gasteiger charge is -2.33. The van der Waals surface area contributed by atoms with Gasteiger partial charge in [0, 0.05) is 25.5 Å². The molecule has 10 nitrogen and oxygen atoms in total. The van der Waals surface area contributed by atoms with Crippen LogP contribution in [0, 0.1) is 5.82 Å². The summed E-state index contributed by atoms with van der Waals surface area (Å²) in [6, 6.07) is 2.81. The number of rotatable bonds is 5. The minimum absolute atomic E-state index is 0.00144. The summed E-state index contributed by atoms with van der Waals surface area (Å²) in [5, 5.41) is 8.99. The number of fused-ring (bicyclic) bond motifs is 1. The van der Waals surface area contributed by atoms with E-state index in [1.165, 1.54) is 30.3 Å². The molecule has 1 N–H and O–H groups in total.